The summed E-state index contributed by atoms with van der Waals surface area (Å²) in [4.78, 5) is 42.7. The summed E-state index contributed by atoms with van der Waals surface area (Å²) in [6.07, 6.45) is -2.00. The molecule has 27 heavy (non-hydrogen) atoms. The molecule has 0 aromatic carbocycles. The summed E-state index contributed by atoms with van der Waals surface area (Å²) >= 11 is 1.71. The van der Waals surface area contributed by atoms with Gasteiger partial charge in [-0.25, -0.2) is 9.36 Å². The van der Waals surface area contributed by atoms with Gasteiger partial charge < -0.3 is 9.84 Å². The van der Waals surface area contributed by atoms with E-state index < -0.39 is 60.6 Å². The van der Waals surface area contributed by atoms with Crippen LogP contribution >= 0.6 is 46.9 Å². The van der Waals surface area contributed by atoms with Gasteiger partial charge in [0.15, 0.2) is 0 Å². The summed E-state index contributed by atoms with van der Waals surface area (Å²) in [6.45, 7) is -0.562. The number of nitrogens with zero attached hydrogens (tertiary/aromatic N) is 1. The van der Waals surface area contributed by atoms with Gasteiger partial charge in [-0.05, 0) is 22.6 Å². The first-order valence-electron chi connectivity index (χ1n) is 6.81. The predicted molar refractivity (Wildman–Crippen MR) is 94.0 cm³/mol. The van der Waals surface area contributed by atoms with Crippen LogP contribution in [0.15, 0.2) is 15.8 Å². The SMILES string of the molecule is O=c1[nH]c(=O)n([C@H]2C[C@H](O)[C@@H](CO[P+](=O)OP(=O)(O)O[P+](=O)O)O2)cc1I. The summed E-state index contributed by atoms with van der Waals surface area (Å²) in [5.41, 5.74) is -1.34. The fourth-order valence-corrected chi connectivity index (χ4v) is 4.72. The zero-order valence-corrected chi connectivity index (χ0v) is 17.7. The number of aliphatic hydroxyl groups is 1. The molecule has 1 aromatic heterocycles. The van der Waals surface area contributed by atoms with Crippen LogP contribution in [0.3, 0.4) is 0 Å². The summed E-state index contributed by atoms with van der Waals surface area (Å²) in [7, 11) is -11.8. The van der Waals surface area contributed by atoms with Gasteiger partial charge in [0.1, 0.15) is 18.9 Å². The van der Waals surface area contributed by atoms with Crippen LogP contribution in [0.25, 0.3) is 0 Å². The largest absolute Gasteiger partial charge is 0.708 e. The van der Waals surface area contributed by atoms with Crippen molar-refractivity contribution in [1.82, 2.24) is 9.55 Å². The fourth-order valence-electron chi connectivity index (χ4n) is 2.06. The Bertz CT molecular complexity index is 901. The van der Waals surface area contributed by atoms with Crippen LogP contribution in [-0.2, 0) is 31.6 Å². The molecule has 150 valence electrons. The lowest BCUT2D eigenvalue weighted by atomic mass is 10.2. The number of H-pyrrole nitrogens is 1. The Morgan fingerprint density at radius 2 is 2.07 bits per heavy atom. The number of phosphoric acid groups is 1. The van der Waals surface area contributed by atoms with Gasteiger partial charge in [-0.15, -0.1) is 9.42 Å². The van der Waals surface area contributed by atoms with Crippen LogP contribution in [0, 0.1) is 3.57 Å². The molecule has 0 spiro atoms. The predicted octanol–water partition coefficient (Wildman–Crippen LogP) is 0.247. The Kier molecular flexibility index (Phi) is 7.93. The van der Waals surface area contributed by atoms with E-state index in [4.69, 9.17) is 14.5 Å². The number of aliphatic hydroxyl groups excluding tert-OH is 1. The minimum Gasteiger partial charge on any atom is -0.390 e. The smallest absolute Gasteiger partial charge is 0.390 e. The average Bonchev–Trinajstić information content (AvgIpc) is 2.87. The minimum atomic E-state index is -5.08. The first-order chi connectivity index (χ1) is 12.5. The molecule has 14 nitrogen and oxygen atoms in total. The van der Waals surface area contributed by atoms with Gasteiger partial charge in [0.25, 0.3) is 5.56 Å². The zero-order valence-electron chi connectivity index (χ0n) is 12.9. The highest BCUT2D eigenvalue weighted by molar-refractivity contribution is 14.1. The first kappa shape index (κ1) is 22.8. The molecular weight excluding hydrogens is 548 g/mol. The number of aromatic nitrogens is 2. The highest BCUT2D eigenvalue weighted by Gasteiger charge is 2.46. The molecule has 0 amide bonds. The standard InChI is InChI=1S/C9H10IN2O12P3/c10-4-2-12(9(15)11-8(4)14)7-1-5(13)6(22-7)3-21-26(18)24-27(19,20)23-25(16)17/h2,5-7,13H,1,3H2,(H-2,11,14,15,16,17,19,20)/p+2/t5-,6+,7+/m0/s1. The number of aromatic amines is 1. The van der Waals surface area contributed by atoms with Crippen molar-refractivity contribution in [1.29, 1.82) is 0 Å². The molecule has 0 saturated carbocycles. The molecule has 2 rings (SSSR count). The average molecular weight is 560 g/mol. The van der Waals surface area contributed by atoms with Crippen molar-refractivity contribution in [2.24, 2.45) is 0 Å². The van der Waals surface area contributed by atoms with E-state index in [1.165, 1.54) is 6.20 Å². The molecule has 18 heteroatoms. The molecule has 6 atom stereocenters. The van der Waals surface area contributed by atoms with Crippen LogP contribution in [0.1, 0.15) is 12.6 Å². The van der Waals surface area contributed by atoms with Crippen LogP contribution < -0.4 is 11.2 Å². The van der Waals surface area contributed by atoms with Gasteiger partial charge in [0.05, 0.1) is 9.67 Å². The van der Waals surface area contributed by atoms with Crippen molar-refractivity contribution < 1.29 is 46.5 Å². The molecule has 3 unspecified atom stereocenters. The third-order valence-corrected chi connectivity index (χ3v) is 7.00. The third kappa shape index (κ3) is 6.54. The molecule has 1 fully saturated rings. The van der Waals surface area contributed by atoms with Crippen molar-refractivity contribution in [2.45, 2.75) is 24.9 Å². The first-order valence-corrected chi connectivity index (χ1v) is 11.6. The van der Waals surface area contributed by atoms with Crippen molar-refractivity contribution in [3.05, 3.63) is 30.6 Å². The van der Waals surface area contributed by atoms with Crippen LogP contribution in [0.2, 0.25) is 0 Å². The van der Waals surface area contributed by atoms with Crippen LogP contribution in [-0.4, -0.2) is 43.3 Å². The van der Waals surface area contributed by atoms with E-state index in [2.05, 4.69) is 18.1 Å². The lowest BCUT2D eigenvalue weighted by molar-refractivity contribution is -0.0413. The monoisotopic (exact) mass is 560 g/mol. The van der Waals surface area contributed by atoms with Gasteiger partial charge in [0.2, 0.25) is 0 Å². The van der Waals surface area contributed by atoms with Gasteiger partial charge in [-0.2, -0.15) is 0 Å². The Balaban J connectivity index is 1.96. The minimum absolute atomic E-state index is 0.0553. The summed E-state index contributed by atoms with van der Waals surface area (Å²) in [6, 6.07) is 0. The Morgan fingerprint density at radius 1 is 1.41 bits per heavy atom. The van der Waals surface area contributed by atoms with E-state index >= 15 is 0 Å². The van der Waals surface area contributed by atoms with E-state index in [1.807, 2.05) is 0 Å². The van der Waals surface area contributed by atoms with Gasteiger partial charge >= 0.3 is 30.0 Å². The topological polar surface area (TPSA) is 204 Å². The highest BCUT2D eigenvalue weighted by Crippen LogP contribution is 2.57. The van der Waals surface area contributed by atoms with Crippen molar-refractivity contribution in [2.75, 3.05) is 6.61 Å². The molecule has 0 radical (unpaired) electrons. The molecule has 2 heterocycles. The quantitative estimate of drug-likeness (QED) is 0.250. The number of rotatable bonds is 8. The second-order valence-electron chi connectivity index (χ2n) is 4.96. The second kappa shape index (κ2) is 9.37. The van der Waals surface area contributed by atoms with E-state index in [9.17, 15) is 28.4 Å². The van der Waals surface area contributed by atoms with Crippen molar-refractivity contribution >= 4 is 46.9 Å². The Morgan fingerprint density at radius 3 is 2.70 bits per heavy atom. The Labute approximate surface area is 165 Å². The molecular formula is C9H12IN2O12P3+2. The maximum Gasteiger partial charge on any atom is 0.708 e. The highest BCUT2D eigenvalue weighted by atomic mass is 127. The second-order valence-corrected chi connectivity index (χ2v) is 9.55. The Hall–Kier alpha value is -0.440. The summed E-state index contributed by atoms with van der Waals surface area (Å²) < 4.78 is 51.9. The molecule has 1 saturated heterocycles. The zero-order chi connectivity index (χ0) is 20.4. The molecule has 1 aliphatic rings. The van der Waals surface area contributed by atoms with E-state index in [1.54, 1.807) is 22.6 Å². The molecule has 1 aromatic rings. The number of halogens is 1. The number of nitrogens with one attached hydrogen (secondary N) is 1. The summed E-state index contributed by atoms with van der Waals surface area (Å²) in [5, 5.41) is 9.97. The summed E-state index contributed by atoms with van der Waals surface area (Å²) in [5.74, 6) is 0. The lowest BCUT2D eigenvalue weighted by Crippen LogP contribution is -2.33. The van der Waals surface area contributed by atoms with E-state index in [0.29, 0.717) is 0 Å². The number of hydrogen-bond acceptors (Lipinski definition) is 10. The van der Waals surface area contributed by atoms with Gasteiger partial charge in [-0.1, -0.05) is 0 Å². The van der Waals surface area contributed by atoms with Crippen molar-refractivity contribution in [3.63, 3.8) is 0 Å². The van der Waals surface area contributed by atoms with E-state index in [-0.39, 0.29) is 9.99 Å². The molecule has 0 bridgehead atoms. The van der Waals surface area contributed by atoms with Crippen LogP contribution in [0.5, 0.6) is 0 Å². The van der Waals surface area contributed by atoms with Crippen molar-refractivity contribution in [3.8, 4) is 0 Å². The number of ether oxygens (including phenoxy) is 1. The maximum atomic E-state index is 11.8. The van der Waals surface area contributed by atoms with Crippen LogP contribution in [0.4, 0.5) is 0 Å². The lowest BCUT2D eigenvalue weighted by Gasteiger charge is -2.14. The normalized spacial score (nSPS) is 25.9. The maximum absolute atomic E-state index is 11.8. The molecule has 4 N–H and O–H groups in total. The van der Waals surface area contributed by atoms with E-state index in [0.717, 1.165) is 4.57 Å². The third-order valence-electron chi connectivity index (χ3n) is 3.13. The molecule has 1 aliphatic heterocycles. The van der Waals surface area contributed by atoms with Gasteiger partial charge in [0, 0.05) is 30.4 Å². The van der Waals surface area contributed by atoms with Gasteiger partial charge in [-0.3, -0.25) is 19.2 Å². The molecule has 0 aliphatic carbocycles. The fraction of sp³-hybridized carbons (Fsp3) is 0.556. The number of hydrogen-bond donors (Lipinski definition) is 4.